The summed E-state index contributed by atoms with van der Waals surface area (Å²) in [5.74, 6) is 0.292. The number of guanidine groups is 1. The van der Waals surface area contributed by atoms with E-state index in [1.807, 2.05) is 58.0 Å². The van der Waals surface area contributed by atoms with Crippen LogP contribution in [0.1, 0.15) is 45.2 Å². The monoisotopic (exact) mass is 473 g/mol. The lowest BCUT2D eigenvalue weighted by molar-refractivity contribution is -0.135. The molecule has 1 heterocycles. The minimum Gasteiger partial charge on any atom is -0.369 e. The molecule has 1 aromatic rings. The van der Waals surface area contributed by atoms with Crippen molar-refractivity contribution in [2.45, 2.75) is 39.7 Å². The second-order valence-electron chi connectivity index (χ2n) is 9.49. The molecular weight excluding hydrogens is 442 g/mol. The topological polar surface area (TPSA) is 106 Å². The largest absolute Gasteiger partial charge is 0.369 e. The van der Waals surface area contributed by atoms with Gasteiger partial charge in [-0.2, -0.15) is 10.5 Å². The smallest absolute Gasteiger partial charge is 0.235 e. The Morgan fingerprint density at radius 2 is 2.15 bits per heavy atom. The average molecular weight is 474 g/mol. The maximum atomic E-state index is 13.5. The fourth-order valence-electron chi connectivity index (χ4n) is 4.47. The molecule has 0 aromatic heterocycles. The van der Waals surface area contributed by atoms with Gasteiger partial charge in [0.1, 0.15) is 0 Å². The third-order valence-electron chi connectivity index (χ3n) is 6.60. The normalized spacial score (nSPS) is 25.3. The minimum absolute atomic E-state index is 0.0462. The Bertz CT molecular complexity index is 1180. The van der Waals surface area contributed by atoms with Crippen molar-refractivity contribution in [1.82, 2.24) is 4.90 Å². The van der Waals surface area contributed by atoms with Crippen LogP contribution >= 0.6 is 11.8 Å². The molecule has 0 saturated carbocycles. The van der Waals surface area contributed by atoms with Crippen LogP contribution in [-0.2, 0) is 4.79 Å². The number of allylic oxidation sites excluding steroid dienone is 5. The number of hydrogen-bond donors (Lipinski definition) is 1. The van der Waals surface area contributed by atoms with E-state index in [9.17, 15) is 15.3 Å². The first-order valence-corrected chi connectivity index (χ1v) is 12.3. The molecular formula is C27H31N5OS. The molecule has 2 N–H and O–H groups in total. The Hall–Kier alpha value is -3.29. The van der Waals surface area contributed by atoms with Crippen molar-refractivity contribution in [2.24, 2.45) is 28.0 Å². The molecule has 3 atom stereocenters. The quantitative estimate of drug-likeness (QED) is 0.635. The molecule has 3 rings (SSSR count). The summed E-state index contributed by atoms with van der Waals surface area (Å²) in [7, 11) is 1.66. The number of rotatable bonds is 6. The van der Waals surface area contributed by atoms with Gasteiger partial charge >= 0.3 is 0 Å². The molecule has 1 aromatic carbocycles. The number of nitrogens with zero attached hydrogens (tertiary/aromatic N) is 4. The first-order chi connectivity index (χ1) is 16.1. The average Bonchev–Trinajstić information content (AvgIpc) is 2.83. The number of thioether (sulfide) groups is 1. The van der Waals surface area contributed by atoms with Crippen molar-refractivity contribution in [3.63, 3.8) is 0 Å². The number of nitriles is 2. The summed E-state index contributed by atoms with van der Waals surface area (Å²) in [6.45, 7) is 7.75. The maximum absolute atomic E-state index is 13.5. The predicted molar refractivity (Wildman–Crippen MR) is 138 cm³/mol. The zero-order chi connectivity index (χ0) is 25.1. The SMILES string of the molecule is C/C=C(\SC[C@@]1(C)N=C(N)N(C)C(=O)[C@@H]1C1C=CC(C(C)(C)C#N)=CC1)c1cccc(C#N)c1. The lowest BCUT2D eigenvalue weighted by Crippen LogP contribution is -2.58. The number of carbonyl (C=O) groups is 1. The Kier molecular flexibility index (Phi) is 7.38. The molecule has 34 heavy (non-hydrogen) atoms. The first-order valence-electron chi connectivity index (χ1n) is 11.3. The minimum atomic E-state index is -0.718. The van der Waals surface area contributed by atoms with E-state index >= 15 is 0 Å². The van der Waals surface area contributed by atoms with Crippen molar-refractivity contribution in [3.8, 4) is 12.1 Å². The zero-order valence-corrected chi connectivity index (χ0v) is 21.2. The van der Waals surface area contributed by atoms with Gasteiger partial charge in [0.2, 0.25) is 5.91 Å². The van der Waals surface area contributed by atoms with Crippen molar-refractivity contribution >= 4 is 28.5 Å². The number of aliphatic imine (C=N–C) groups is 1. The van der Waals surface area contributed by atoms with Crippen LogP contribution in [0.2, 0.25) is 0 Å². The van der Waals surface area contributed by atoms with Crippen LogP contribution in [0.3, 0.4) is 0 Å². The Morgan fingerprint density at radius 3 is 2.74 bits per heavy atom. The summed E-state index contributed by atoms with van der Waals surface area (Å²) in [5.41, 5.74) is 7.40. The number of nitrogens with two attached hydrogens (primary N) is 1. The van der Waals surface area contributed by atoms with Gasteiger partial charge in [0.05, 0.1) is 34.6 Å². The Morgan fingerprint density at radius 1 is 1.41 bits per heavy atom. The predicted octanol–water partition coefficient (Wildman–Crippen LogP) is 4.87. The summed E-state index contributed by atoms with van der Waals surface area (Å²) in [6.07, 6.45) is 8.78. The van der Waals surface area contributed by atoms with Crippen molar-refractivity contribution in [3.05, 3.63) is 65.3 Å². The van der Waals surface area contributed by atoms with Gasteiger partial charge in [0, 0.05) is 17.7 Å². The van der Waals surface area contributed by atoms with Crippen LogP contribution < -0.4 is 5.73 Å². The molecule has 1 unspecified atom stereocenters. The first kappa shape index (κ1) is 25.3. The lowest BCUT2D eigenvalue weighted by atomic mass is 9.71. The van der Waals surface area contributed by atoms with Gasteiger partial charge in [0.25, 0.3) is 0 Å². The van der Waals surface area contributed by atoms with E-state index in [1.54, 1.807) is 24.9 Å². The number of benzene rings is 1. The highest BCUT2D eigenvalue weighted by Crippen LogP contribution is 2.43. The van der Waals surface area contributed by atoms with E-state index in [0.717, 1.165) is 16.0 Å². The van der Waals surface area contributed by atoms with Gasteiger partial charge in [-0.25, -0.2) is 4.99 Å². The number of amides is 1. The van der Waals surface area contributed by atoms with E-state index in [0.29, 0.717) is 17.7 Å². The summed E-state index contributed by atoms with van der Waals surface area (Å²) >= 11 is 1.62. The highest BCUT2D eigenvalue weighted by atomic mass is 32.2. The summed E-state index contributed by atoms with van der Waals surface area (Å²) in [6, 6.07) is 12.0. The number of carbonyl (C=O) groups excluding carboxylic acids is 1. The summed E-state index contributed by atoms with van der Waals surface area (Å²) in [5, 5.41) is 18.7. The molecule has 1 aliphatic carbocycles. The Balaban J connectivity index is 1.89. The maximum Gasteiger partial charge on any atom is 0.235 e. The highest BCUT2D eigenvalue weighted by molar-refractivity contribution is 8.08. The molecule has 2 aliphatic rings. The second-order valence-corrected chi connectivity index (χ2v) is 10.5. The van der Waals surface area contributed by atoms with Crippen LogP contribution in [0.25, 0.3) is 4.91 Å². The summed E-state index contributed by atoms with van der Waals surface area (Å²) in [4.78, 5) is 20.7. The highest BCUT2D eigenvalue weighted by Gasteiger charge is 2.48. The van der Waals surface area contributed by atoms with Gasteiger partial charge in [-0.1, -0.05) is 36.4 Å². The molecule has 0 saturated heterocycles. The second kappa shape index (κ2) is 9.91. The third-order valence-corrected chi connectivity index (χ3v) is 8.11. The van der Waals surface area contributed by atoms with Crippen LogP contribution in [-0.4, -0.2) is 35.1 Å². The van der Waals surface area contributed by atoms with Crippen LogP contribution in [0.5, 0.6) is 0 Å². The molecule has 0 spiro atoms. The van der Waals surface area contributed by atoms with Crippen molar-refractivity contribution < 1.29 is 4.79 Å². The van der Waals surface area contributed by atoms with Crippen LogP contribution in [0, 0.1) is 39.9 Å². The van der Waals surface area contributed by atoms with Crippen LogP contribution in [0.4, 0.5) is 0 Å². The molecule has 176 valence electrons. The molecule has 0 radical (unpaired) electrons. The van der Waals surface area contributed by atoms with Gasteiger partial charge < -0.3 is 5.73 Å². The van der Waals surface area contributed by atoms with E-state index < -0.39 is 11.0 Å². The van der Waals surface area contributed by atoms with Gasteiger partial charge in [-0.3, -0.25) is 9.69 Å². The number of hydrogen-bond acceptors (Lipinski definition) is 6. The molecule has 0 fully saturated rings. The molecule has 1 aliphatic heterocycles. The third kappa shape index (κ3) is 4.95. The molecule has 1 amide bonds. The molecule has 7 heteroatoms. The van der Waals surface area contributed by atoms with Gasteiger partial charge in [0.15, 0.2) is 5.96 Å². The fraction of sp³-hybridized carbons (Fsp3) is 0.407. The standard InChI is InChI=1S/C27H31N5OS/c1-6-22(20-9-7-8-18(14-20)15-28)34-17-27(4)23(24(33)32(5)25(30)31-27)19-10-12-21(13-11-19)26(2,3)16-29/h6-10,12-14,19,23H,11,17H2,1-5H3,(H2,30,31)/b22-6-/t19?,23-,27+/m0/s1. The lowest BCUT2D eigenvalue weighted by Gasteiger charge is -2.43. The van der Waals surface area contributed by atoms with Crippen LogP contribution in [0.15, 0.2) is 59.1 Å². The van der Waals surface area contributed by atoms with Gasteiger partial charge in [-0.15, -0.1) is 11.8 Å². The summed E-state index contributed by atoms with van der Waals surface area (Å²) < 4.78 is 0. The van der Waals surface area contributed by atoms with E-state index in [2.05, 4.69) is 24.3 Å². The molecule has 0 bridgehead atoms. The van der Waals surface area contributed by atoms with Crippen molar-refractivity contribution in [2.75, 3.05) is 12.8 Å². The van der Waals surface area contributed by atoms with Crippen molar-refractivity contribution in [1.29, 1.82) is 10.5 Å². The van der Waals surface area contributed by atoms with E-state index in [4.69, 9.17) is 10.7 Å². The van der Waals surface area contributed by atoms with Gasteiger partial charge in [-0.05, 0) is 63.3 Å². The van der Waals surface area contributed by atoms with E-state index in [-0.39, 0.29) is 23.7 Å². The fourth-order valence-corrected chi connectivity index (χ4v) is 5.62. The molecule has 6 nitrogen and oxygen atoms in total. The zero-order valence-electron chi connectivity index (χ0n) is 20.4. The Labute approximate surface area is 206 Å². The van der Waals surface area contributed by atoms with E-state index in [1.165, 1.54) is 4.90 Å².